The number of hydrogen-bond acceptors (Lipinski definition) is 3. The first kappa shape index (κ1) is 13.7. The Labute approximate surface area is 93.1 Å². The van der Waals surface area contributed by atoms with Crippen LogP contribution < -0.4 is 5.73 Å². The first-order valence-electron chi connectivity index (χ1n) is 5.47. The molecule has 0 aliphatic carbocycles. The second-order valence-corrected chi connectivity index (χ2v) is 4.07. The molecule has 1 fully saturated rings. The van der Waals surface area contributed by atoms with Crippen molar-refractivity contribution in [1.29, 1.82) is 0 Å². The molecular formula is C10H18F3NO2. The monoisotopic (exact) mass is 241 g/mol. The van der Waals surface area contributed by atoms with Gasteiger partial charge in [-0.25, -0.2) is 0 Å². The van der Waals surface area contributed by atoms with E-state index in [2.05, 4.69) is 4.74 Å². The van der Waals surface area contributed by atoms with E-state index < -0.39 is 12.8 Å². The van der Waals surface area contributed by atoms with Gasteiger partial charge in [-0.15, -0.1) is 0 Å². The first-order valence-corrected chi connectivity index (χ1v) is 5.47. The van der Waals surface area contributed by atoms with Crippen molar-refractivity contribution in [2.75, 3.05) is 26.4 Å². The minimum Gasteiger partial charge on any atom is -0.381 e. The lowest BCUT2D eigenvalue weighted by Gasteiger charge is -2.27. The molecule has 2 N–H and O–H groups in total. The Balaban J connectivity index is 2.07. The van der Waals surface area contributed by atoms with Crippen molar-refractivity contribution in [1.82, 2.24) is 0 Å². The highest BCUT2D eigenvalue weighted by Gasteiger charge is 2.27. The molecule has 0 radical (unpaired) electrons. The van der Waals surface area contributed by atoms with E-state index in [-0.39, 0.29) is 12.6 Å². The molecular weight excluding hydrogens is 223 g/mol. The molecule has 1 aliphatic heterocycles. The van der Waals surface area contributed by atoms with Crippen LogP contribution in [-0.2, 0) is 9.47 Å². The topological polar surface area (TPSA) is 44.5 Å². The summed E-state index contributed by atoms with van der Waals surface area (Å²) in [6.45, 7) is 0.273. The van der Waals surface area contributed by atoms with Gasteiger partial charge in [0.1, 0.15) is 6.61 Å². The summed E-state index contributed by atoms with van der Waals surface area (Å²) in [7, 11) is 0. The van der Waals surface area contributed by atoms with E-state index in [0.717, 1.165) is 12.8 Å². The second-order valence-electron chi connectivity index (χ2n) is 4.07. The van der Waals surface area contributed by atoms with Crippen LogP contribution in [0.15, 0.2) is 0 Å². The standard InChI is InChI=1S/C10H18F3NO2/c11-10(12,13)7-16-6-3-9(14)8-1-4-15-5-2-8/h8-9H,1-7,14H2. The van der Waals surface area contributed by atoms with Gasteiger partial charge in [0.2, 0.25) is 0 Å². The summed E-state index contributed by atoms with van der Waals surface area (Å²) in [6.07, 6.45) is -2.00. The molecule has 0 aromatic rings. The minimum atomic E-state index is -4.25. The average Bonchev–Trinajstić information content (AvgIpc) is 2.24. The van der Waals surface area contributed by atoms with Crippen LogP contribution in [0, 0.1) is 5.92 Å². The van der Waals surface area contributed by atoms with Gasteiger partial charge in [0.05, 0.1) is 0 Å². The summed E-state index contributed by atoms with van der Waals surface area (Å²) >= 11 is 0. The predicted octanol–water partition coefficient (Wildman–Crippen LogP) is 1.71. The van der Waals surface area contributed by atoms with Gasteiger partial charge >= 0.3 is 6.18 Å². The van der Waals surface area contributed by atoms with Gasteiger partial charge in [0.25, 0.3) is 0 Å². The molecule has 0 amide bonds. The van der Waals surface area contributed by atoms with Gasteiger partial charge in [-0.2, -0.15) is 13.2 Å². The second kappa shape index (κ2) is 6.42. The summed E-state index contributed by atoms with van der Waals surface area (Å²) in [4.78, 5) is 0. The van der Waals surface area contributed by atoms with E-state index in [1.54, 1.807) is 0 Å². The van der Waals surface area contributed by atoms with E-state index in [4.69, 9.17) is 10.5 Å². The SMILES string of the molecule is NC(CCOCC(F)(F)F)C1CCOCC1. The van der Waals surface area contributed by atoms with Crippen molar-refractivity contribution in [3.05, 3.63) is 0 Å². The summed E-state index contributed by atoms with van der Waals surface area (Å²) in [5.74, 6) is 0.350. The molecule has 1 aliphatic rings. The van der Waals surface area contributed by atoms with Crippen LogP contribution in [0.25, 0.3) is 0 Å². The molecule has 0 saturated carbocycles. The Morgan fingerprint density at radius 2 is 1.94 bits per heavy atom. The van der Waals surface area contributed by atoms with Crippen molar-refractivity contribution in [3.8, 4) is 0 Å². The maximum absolute atomic E-state index is 11.8. The average molecular weight is 241 g/mol. The number of hydrogen-bond donors (Lipinski definition) is 1. The van der Waals surface area contributed by atoms with Crippen LogP contribution in [0.4, 0.5) is 13.2 Å². The molecule has 0 spiro atoms. The number of halogens is 3. The molecule has 1 atom stereocenters. The molecule has 1 heterocycles. The highest BCUT2D eigenvalue weighted by Crippen LogP contribution is 2.20. The van der Waals surface area contributed by atoms with Crippen molar-refractivity contribution >= 4 is 0 Å². The highest BCUT2D eigenvalue weighted by molar-refractivity contribution is 4.75. The van der Waals surface area contributed by atoms with Gasteiger partial charge in [0.15, 0.2) is 0 Å². The summed E-state index contributed by atoms with van der Waals surface area (Å²) in [6, 6.07) is -0.0860. The van der Waals surface area contributed by atoms with Crippen molar-refractivity contribution in [2.45, 2.75) is 31.5 Å². The molecule has 0 aromatic carbocycles. The Morgan fingerprint density at radius 3 is 2.50 bits per heavy atom. The summed E-state index contributed by atoms with van der Waals surface area (Å²) in [5, 5.41) is 0. The zero-order valence-electron chi connectivity index (χ0n) is 9.13. The van der Waals surface area contributed by atoms with Crippen LogP contribution >= 0.6 is 0 Å². The molecule has 3 nitrogen and oxygen atoms in total. The molecule has 0 aromatic heterocycles. The van der Waals surface area contributed by atoms with Gasteiger partial charge in [-0.05, 0) is 25.2 Å². The lowest BCUT2D eigenvalue weighted by atomic mass is 9.91. The smallest absolute Gasteiger partial charge is 0.381 e. The molecule has 6 heteroatoms. The Kier molecular flexibility index (Phi) is 5.51. The lowest BCUT2D eigenvalue weighted by molar-refractivity contribution is -0.174. The highest BCUT2D eigenvalue weighted by atomic mass is 19.4. The molecule has 96 valence electrons. The number of alkyl halides is 3. The Hall–Kier alpha value is -0.330. The van der Waals surface area contributed by atoms with Crippen molar-refractivity contribution in [2.24, 2.45) is 11.7 Å². The van der Waals surface area contributed by atoms with Crippen LogP contribution in [0.5, 0.6) is 0 Å². The van der Waals surface area contributed by atoms with E-state index in [9.17, 15) is 13.2 Å². The zero-order valence-corrected chi connectivity index (χ0v) is 9.13. The number of nitrogens with two attached hydrogens (primary N) is 1. The number of ether oxygens (including phenoxy) is 2. The Morgan fingerprint density at radius 1 is 1.31 bits per heavy atom. The van der Waals surface area contributed by atoms with E-state index in [0.29, 0.717) is 25.6 Å². The third kappa shape index (κ3) is 5.67. The molecule has 1 saturated heterocycles. The lowest BCUT2D eigenvalue weighted by Crippen LogP contribution is -2.35. The quantitative estimate of drug-likeness (QED) is 0.745. The first-order chi connectivity index (χ1) is 7.49. The van der Waals surface area contributed by atoms with Crippen LogP contribution in [0.3, 0.4) is 0 Å². The maximum Gasteiger partial charge on any atom is 0.411 e. The van der Waals surface area contributed by atoms with E-state index in [1.807, 2.05) is 0 Å². The molecule has 0 bridgehead atoms. The van der Waals surface area contributed by atoms with E-state index in [1.165, 1.54) is 0 Å². The van der Waals surface area contributed by atoms with Crippen LogP contribution in [0.1, 0.15) is 19.3 Å². The normalized spacial score (nSPS) is 21.0. The van der Waals surface area contributed by atoms with Crippen molar-refractivity contribution in [3.63, 3.8) is 0 Å². The van der Waals surface area contributed by atoms with Gasteiger partial charge in [0, 0.05) is 25.9 Å². The van der Waals surface area contributed by atoms with Gasteiger partial charge in [-0.3, -0.25) is 0 Å². The fourth-order valence-corrected chi connectivity index (χ4v) is 1.79. The zero-order chi connectivity index (χ0) is 12.0. The van der Waals surface area contributed by atoms with E-state index >= 15 is 0 Å². The molecule has 16 heavy (non-hydrogen) atoms. The minimum absolute atomic E-state index is 0.0675. The fourth-order valence-electron chi connectivity index (χ4n) is 1.79. The van der Waals surface area contributed by atoms with Crippen molar-refractivity contribution < 1.29 is 22.6 Å². The Bertz CT molecular complexity index is 193. The fraction of sp³-hybridized carbons (Fsp3) is 1.00. The summed E-state index contributed by atoms with van der Waals surface area (Å²) in [5.41, 5.74) is 5.88. The predicted molar refractivity (Wildman–Crippen MR) is 53.0 cm³/mol. The molecule has 1 unspecified atom stereocenters. The third-order valence-corrected chi connectivity index (χ3v) is 2.73. The largest absolute Gasteiger partial charge is 0.411 e. The van der Waals surface area contributed by atoms with Gasteiger partial charge < -0.3 is 15.2 Å². The maximum atomic E-state index is 11.8. The third-order valence-electron chi connectivity index (χ3n) is 2.73. The molecule has 1 rings (SSSR count). The number of rotatable bonds is 5. The summed E-state index contributed by atoms with van der Waals surface area (Å²) < 4.78 is 45.0. The van der Waals surface area contributed by atoms with Crippen LogP contribution in [0.2, 0.25) is 0 Å². The van der Waals surface area contributed by atoms with Gasteiger partial charge in [-0.1, -0.05) is 0 Å². The van der Waals surface area contributed by atoms with Crippen LogP contribution in [-0.4, -0.2) is 38.6 Å².